The molecule has 0 spiro atoms. The molecule has 1 aromatic carbocycles. The first-order valence-corrected chi connectivity index (χ1v) is 8.67. The number of rotatable bonds is 4. The Morgan fingerprint density at radius 1 is 1.21 bits per heavy atom. The minimum absolute atomic E-state index is 0.129. The van der Waals surface area contributed by atoms with E-state index in [0.29, 0.717) is 18.1 Å². The molecule has 0 aromatic heterocycles. The summed E-state index contributed by atoms with van der Waals surface area (Å²) in [6.07, 6.45) is 2.86. The summed E-state index contributed by atoms with van der Waals surface area (Å²) in [5, 5.41) is 2.86. The van der Waals surface area contributed by atoms with Gasteiger partial charge in [0.2, 0.25) is 11.8 Å². The van der Waals surface area contributed by atoms with Gasteiger partial charge in [0.25, 0.3) is 0 Å². The van der Waals surface area contributed by atoms with Crippen molar-refractivity contribution in [1.82, 2.24) is 9.80 Å². The molecule has 2 aliphatic rings. The number of nitrogens with one attached hydrogen (secondary N) is 1. The third-order valence-electron chi connectivity index (χ3n) is 4.40. The van der Waals surface area contributed by atoms with Crippen LogP contribution in [-0.2, 0) is 9.59 Å². The Labute approximate surface area is 145 Å². The highest BCUT2D eigenvalue weighted by Gasteiger charge is 2.34. The molecule has 1 heterocycles. The summed E-state index contributed by atoms with van der Waals surface area (Å²) in [4.78, 5) is 28.2. The predicted octanol–water partition coefficient (Wildman–Crippen LogP) is 2.36. The second-order valence-corrected chi connectivity index (χ2v) is 6.84. The molecule has 1 aromatic rings. The van der Waals surface area contributed by atoms with Crippen LogP contribution in [0.25, 0.3) is 0 Å². The van der Waals surface area contributed by atoms with Crippen LogP contribution in [0.1, 0.15) is 19.3 Å². The fourth-order valence-corrected chi connectivity index (χ4v) is 3.08. The predicted molar refractivity (Wildman–Crippen MR) is 90.4 cm³/mol. The van der Waals surface area contributed by atoms with Crippen molar-refractivity contribution in [3.63, 3.8) is 0 Å². The highest BCUT2D eigenvalue weighted by molar-refractivity contribution is 6.30. The van der Waals surface area contributed by atoms with Crippen molar-refractivity contribution < 1.29 is 14.0 Å². The van der Waals surface area contributed by atoms with Gasteiger partial charge in [-0.2, -0.15) is 0 Å². The van der Waals surface area contributed by atoms with Gasteiger partial charge < -0.3 is 10.2 Å². The summed E-state index contributed by atoms with van der Waals surface area (Å²) < 4.78 is 13.7. The van der Waals surface area contributed by atoms with Crippen LogP contribution in [0.4, 0.5) is 10.1 Å². The normalized spacial score (nSPS) is 19.0. The topological polar surface area (TPSA) is 52.7 Å². The average Bonchev–Trinajstić information content (AvgIpc) is 3.37. The van der Waals surface area contributed by atoms with Gasteiger partial charge in [-0.15, -0.1) is 0 Å². The zero-order valence-electron chi connectivity index (χ0n) is 13.4. The van der Waals surface area contributed by atoms with Crippen molar-refractivity contribution in [2.75, 3.05) is 38.0 Å². The molecular weight excluding hydrogens is 333 g/mol. The van der Waals surface area contributed by atoms with Crippen LogP contribution in [0, 0.1) is 11.7 Å². The van der Waals surface area contributed by atoms with E-state index in [1.807, 2.05) is 9.80 Å². The zero-order valence-corrected chi connectivity index (χ0v) is 14.2. The first kappa shape index (κ1) is 17.2. The molecule has 3 rings (SSSR count). The van der Waals surface area contributed by atoms with Gasteiger partial charge in [0, 0.05) is 37.1 Å². The highest BCUT2D eigenvalue weighted by atomic mass is 35.5. The van der Waals surface area contributed by atoms with Crippen molar-refractivity contribution in [2.45, 2.75) is 19.3 Å². The van der Waals surface area contributed by atoms with Crippen LogP contribution in [-0.4, -0.2) is 54.3 Å². The molecule has 1 saturated carbocycles. The highest BCUT2D eigenvalue weighted by Crippen LogP contribution is 2.31. The third kappa shape index (κ3) is 4.45. The summed E-state index contributed by atoms with van der Waals surface area (Å²) >= 11 is 5.70. The summed E-state index contributed by atoms with van der Waals surface area (Å²) in [5.41, 5.74) is 0.129. The molecule has 1 N–H and O–H groups in total. The van der Waals surface area contributed by atoms with Gasteiger partial charge in [0.1, 0.15) is 5.82 Å². The summed E-state index contributed by atoms with van der Waals surface area (Å²) in [6.45, 7) is 3.00. The minimum Gasteiger partial charge on any atom is -0.341 e. The second-order valence-electron chi connectivity index (χ2n) is 6.40. The fraction of sp³-hybridized carbons (Fsp3) is 0.529. The SMILES string of the molecule is O=C(CN1CCCN(C(=O)C2CC2)CC1)Nc1ccc(Cl)cc1F. The largest absolute Gasteiger partial charge is 0.341 e. The zero-order chi connectivity index (χ0) is 17.1. The summed E-state index contributed by atoms with van der Waals surface area (Å²) in [5.74, 6) is -0.330. The number of benzene rings is 1. The number of carbonyl (C=O) groups excluding carboxylic acids is 2. The molecule has 0 radical (unpaired) electrons. The molecule has 7 heteroatoms. The summed E-state index contributed by atoms with van der Waals surface area (Å²) in [7, 11) is 0. The molecule has 2 amide bonds. The summed E-state index contributed by atoms with van der Waals surface area (Å²) in [6, 6.07) is 4.16. The lowest BCUT2D eigenvalue weighted by molar-refractivity contribution is -0.132. The molecule has 130 valence electrons. The third-order valence-corrected chi connectivity index (χ3v) is 4.63. The monoisotopic (exact) mass is 353 g/mol. The molecule has 5 nitrogen and oxygen atoms in total. The van der Waals surface area contributed by atoms with Crippen LogP contribution in [0.5, 0.6) is 0 Å². The second kappa shape index (κ2) is 7.49. The Bertz CT molecular complexity index is 636. The molecule has 0 atom stereocenters. The van der Waals surface area contributed by atoms with E-state index in [1.165, 1.54) is 18.2 Å². The average molecular weight is 354 g/mol. The molecular formula is C17H21ClFN3O2. The van der Waals surface area contributed by atoms with Crippen LogP contribution in [0.2, 0.25) is 5.02 Å². The molecule has 1 aliphatic carbocycles. The van der Waals surface area contributed by atoms with Gasteiger partial charge >= 0.3 is 0 Å². The maximum absolute atomic E-state index is 13.7. The van der Waals surface area contributed by atoms with Crippen molar-refractivity contribution in [3.05, 3.63) is 29.0 Å². The number of amides is 2. The molecule has 24 heavy (non-hydrogen) atoms. The van der Waals surface area contributed by atoms with Crippen LogP contribution in [0.3, 0.4) is 0 Å². The number of hydrogen-bond acceptors (Lipinski definition) is 3. The fourth-order valence-electron chi connectivity index (χ4n) is 2.92. The van der Waals surface area contributed by atoms with E-state index < -0.39 is 5.82 Å². The Morgan fingerprint density at radius 3 is 2.71 bits per heavy atom. The lowest BCUT2D eigenvalue weighted by Crippen LogP contribution is -2.38. The maximum atomic E-state index is 13.7. The van der Waals surface area contributed by atoms with Crippen molar-refractivity contribution >= 4 is 29.1 Å². The smallest absolute Gasteiger partial charge is 0.238 e. The lowest BCUT2D eigenvalue weighted by atomic mass is 10.3. The Hall–Kier alpha value is -1.66. The van der Waals surface area contributed by atoms with Gasteiger partial charge in [0.15, 0.2) is 0 Å². The minimum atomic E-state index is -0.548. The van der Waals surface area contributed by atoms with Gasteiger partial charge in [-0.1, -0.05) is 11.6 Å². The van der Waals surface area contributed by atoms with Crippen molar-refractivity contribution in [1.29, 1.82) is 0 Å². The van der Waals surface area contributed by atoms with E-state index in [9.17, 15) is 14.0 Å². The maximum Gasteiger partial charge on any atom is 0.238 e. The molecule has 1 aliphatic heterocycles. The number of anilines is 1. The number of hydrogen-bond donors (Lipinski definition) is 1. The van der Waals surface area contributed by atoms with Crippen molar-refractivity contribution in [2.24, 2.45) is 5.92 Å². The van der Waals surface area contributed by atoms with E-state index in [1.54, 1.807) is 0 Å². The van der Waals surface area contributed by atoms with E-state index in [2.05, 4.69) is 5.32 Å². The molecule has 0 unspecified atom stereocenters. The van der Waals surface area contributed by atoms with Crippen molar-refractivity contribution in [3.8, 4) is 0 Å². The van der Waals surface area contributed by atoms with Crippen LogP contribution >= 0.6 is 11.6 Å². The van der Waals surface area contributed by atoms with Gasteiger partial charge in [-0.25, -0.2) is 4.39 Å². The molecule has 0 bridgehead atoms. The van der Waals surface area contributed by atoms with Gasteiger partial charge in [0.05, 0.1) is 12.2 Å². The van der Waals surface area contributed by atoms with Crippen LogP contribution < -0.4 is 5.32 Å². The molecule has 1 saturated heterocycles. The van der Waals surface area contributed by atoms with E-state index in [-0.39, 0.29) is 30.0 Å². The van der Waals surface area contributed by atoms with Gasteiger partial charge in [-0.05, 0) is 37.5 Å². The Balaban J connectivity index is 1.50. The Kier molecular flexibility index (Phi) is 5.36. The number of nitrogens with zero attached hydrogens (tertiary/aromatic N) is 2. The first-order valence-electron chi connectivity index (χ1n) is 8.29. The Morgan fingerprint density at radius 2 is 2.00 bits per heavy atom. The van der Waals surface area contributed by atoms with E-state index in [4.69, 9.17) is 11.6 Å². The van der Waals surface area contributed by atoms with E-state index in [0.717, 1.165) is 32.4 Å². The standard InChI is InChI=1S/C17H21ClFN3O2/c18-13-4-5-15(14(19)10-13)20-16(23)11-21-6-1-7-22(9-8-21)17(24)12-2-3-12/h4-5,10,12H,1-3,6-9,11H2,(H,20,23). The number of halogens is 2. The first-order chi connectivity index (χ1) is 11.5. The van der Waals surface area contributed by atoms with Crippen LogP contribution in [0.15, 0.2) is 18.2 Å². The lowest BCUT2D eigenvalue weighted by Gasteiger charge is -2.21. The number of carbonyl (C=O) groups is 2. The van der Waals surface area contributed by atoms with E-state index >= 15 is 0 Å². The molecule has 2 fully saturated rings. The van der Waals surface area contributed by atoms with Gasteiger partial charge in [-0.3, -0.25) is 14.5 Å². The quantitative estimate of drug-likeness (QED) is 0.904.